The van der Waals surface area contributed by atoms with Crippen LogP contribution < -0.4 is 19.5 Å². The zero-order valence-corrected chi connectivity index (χ0v) is 17.5. The first kappa shape index (κ1) is 21.4. The number of nitrogens with one attached hydrogen (secondary N) is 1. The molecular weight excluding hydrogens is 386 g/mol. The van der Waals surface area contributed by atoms with Gasteiger partial charge in [-0.2, -0.15) is 0 Å². The summed E-state index contributed by atoms with van der Waals surface area (Å²) in [6.07, 6.45) is 0. The second kappa shape index (κ2) is 9.98. The fourth-order valence-electron chi connectivity index (χ4n) is 3.17. The number of methoxy groups -OCH3 is 1. The van der Waals surface area contributed by atoms with Crippen molar-refractivity contribution in [3.8, 4) is 17.2 Å². The van der Waals surface area contributed by atoms with Crippen LogP contribution in [0.5, 0.6) is 17.2 Å². The highest BCUT2D eigenvalue weighted by Crippen LogP contribution is 2.32. The highest BCUT2D eigenvalue weighted by Gasteiger charge is 2.18. The number of carbonyl (C=O) groups excluding carboxylic acids is 2. The molecule has 1 heterocycles. The number of hydrogen-bond donors (Lipinski definition) is 1. The Labute approximate surface area is 176 Å². The highest BCUT2D eigenvalue weighted by molar-refractivity contribution is 5.92. The summed E-state index contributed by atoms with van der Waals surface area (Å²) in [5.41, 5.74) is 1.62. The number of carbonyl (C=O) groups is 2. The molecule has 0 aromatic heterocycles. The summed E-state index contributed by atoms with van der Waals surface area (Å²) in [5, 5.41) is 2.82. The molecule has 30 heavy (non-hydrogen) atoms. The minimum Gasteiger partial charge on any atom is -0.497 e. The number of fused-ring (bicyclic) bond motifs is 1. The number of amides is 2. The lowest BCUT2D eigenvalue weighted by atomic mass is 10.2. The maximum absolute atomic E-state index is 12.7. The second-order valence-corrected chi connectivity index (χ2v) is 7.05. The van der Waals surface area contributed by atoms with Crippen molar-refractivity contribution in [2.75, 3.05) is 45.9 Å². The van der Waals surface area contributed by atoms with E-state index in [0.29, 0.717) is 30.3 Å². The van der Waals surface area contributed by atoms with E-state index in [4.69, 9.17) is 14.2 Å². The summed E-state index contributed by atoms with van der Waals surface area (Å²) in [7, 11) is 3.32. The van der Waals surface area contributed by atoms with Gasteiger partial charge in [-0.3, -0.25) is 14.5 Å². The predicted molar refractivity (Wildman–Crippen MR) is 113 cm³/mol. The summed E-state index contributed by atoms with van der Waals surface area (Å²) in [5.74, 6) is 1.83. The third kappa shape index (κ3) is 5.64. The molecule has 0 saturated heterocycles. The summed E-state index contributed by atoms with van der Waals surface area (Å²) in [6.45, 7) is 3.43. The molecule has 0 saturated carbocycles. The van der Waals surface area contributed by atoms with Gasteiger partial charge in [0.25, 0.3) is 0 Å². The lowest BCUT2D eigenvalue weighted by Crippen LogP contribution is -2.41. The molecule has 1 aliphatic rings. The van der Waals surface area contributed by atoms with Gasteiger partial charge in [-0.25, -0.2) is 0 Å². The molecule has 2 aromatic carbocycles. The van der Waals surface area contributed by atoms with E-state index in [0.717, 1.165) is 11.3 Å². The first-order valence-corrected chi connectivity index (χ1v) is 9.77. The number of likely N-dealkylation sites (N-methyl/N-ethyl adjacent to an activating group) is 2. The van der Waals surface area contributed by atoms with Crippen molar-refractivity contribution < 1.29 is 23.8 Å². The standard InChI is InChI=1S/C22H27N3O5/c1-4-25(12-16-8-9-19-20(10-16)30-15-29-19)22(27)14-24(2)13-21(26)23-17-6-5-7-18(11-17)28-3/h5-11H,4,12-15H2,1-3H3,(H,23,26). The number of anilines is 1. The van der Waals surface area contributed by atoms with Crippen LogP contribution in [0.3, 0.4) is 0 Å². The van der Waals surface area contributed by atoms with E-state index in [2.05, 4.69) is 5.32 Å². The van der Waals surface area contributed by atoms with E-state index in [-0.39, 0.29) is 31.7 Å². The maximum Gasteiger partial charge on any atom is 0.238 e. The van der Waals surface area contributed by atoms with Gasteiger partial charge in [0, 0.05) is 24.8 Å². The number of nitrogens with zero attached hydrogens (tertiary/aromatic N) is 2. The molecule has 0 unspecified atom stereocenters. The van der Waals surface area contributed by atoms with Gasteiger partial charge in [-0.05, 0) is 43.8 Å². The monoisotopic (exact) mass is 413 g/mol. The molecule has 2 amide bonds. The van der Waals surface area contributed by atoms with Crippen LogP contribution in [-0.2, 0) is 16.1 Å². The van der Waals surface area contributed by atoms with Crippen molar-refractivity contribution in [2.45, 2.75) is 13.5 Å². The van der Waals surface area contributed by atoms with Gasteiger partial charge >= 0.3 is 0 Å². The number of hydrogen-bond acceptors (Lipinski definition) is 6. The SMILES string of the molecule is CCN(Cc1ccc2c(c1)OCO2)C(=O)CN(C)CC(=O)Nc1cccc(OC)c1. The molecule has 2 aromatic rings. The zero-order chi connectivity index (χ0) is 21.5. The molecule has 8 nitrogen and oxygen atoms in total. The van der Waals surface area contributed by atoms with Crippen molar-refractivity contribution in [3.63, 3.8) is 0 Å². The van der Waals surface area contributed by atoms with Crippen LogP contribution in [0.25, 0.3) is 0 Å². The van der Waals surface area contributed by atoms with Gasteiger partial charge in [-0.1, -0.05) is 12.1 Å². The topological polar surface area (TPSA) is 80.3 Å². The minimum absolute atomic E-state index is 0.0492. The molecule has 1 N–H and O–H groups in total. The van der Waals surface area contributed by atoms with Gasteiger partial charge < -0.3 is 24.4 Å². The Morgan fingerprint density at radius 1 is 1.10 bits per heavy atom. The van der Waals surface area contributed by atoms with Crippen molar-refractivity contribution in [3.05, 3.63) is 48.0 Å². The lowest BCUT2D eigenvalue weighted by Gasteiger charge is -2.24. The molecule has 0 aliphatic carbocycles. The van der Waals surface area contributed by atoms with Crippen molar-refractivity contribution >= 4 is 17.5 Å². The van der Waals surface area contributed by atoms with E-state index in [1.54, 1.807) is 48.2 Å². The fourth-order valence-corrected chi connectivity index (χ4v) is 3.17. The van der Waals surface area contributed by atoms with Gasteiger partial charge in [0.15, 0.2) is 11.5 Å². The van der Waals surface area contributed by atoms with E-state index in [1.165, 1.54) is 0 Å². The molecule has 0 atom stereocenters. The van der Waals surface area contributed by atoms with Crippen LogP contribution in [-0.4, -0.2) is 62.2 Å². The van der Waals surface area contributed by atoms with Crippen molar-refractivity contribution in [2.24, 2.45) is 0 Å². The Morgan fingerprint density at radius 3 is 2.67 bits per heavy atom. The summed E-state index contributed by atoms with van der Waals surface area (Å²) in [4.78, 5) is 28.5. The first-order valence-electron chi connectivity index (χ1n) is 9.77. The summed E-state index contributed by atoms with van der Waals surface area (Å²) >= 11 is 0. The van der Waals surface area contributed by atoms with Gasteiger partial charge in [-0.15, -0.1) is 0 Å². The summed E-state index contributed by atoms with van der Waals surface area (Å²) in [6, 6.07) is 12.8. The molecule has 3 rings (SSSR count). The Morgan fingerprint density at radius 2 is 1.90 bits per heavy atom. The Balaban J connectivity index is 1.51. The van der Waals surface area contributed by atoms with E-state index < -0.39 is 0 Å². The summed E-state index contributed by atoms with van der Waals surface area (Å²) < 4.78 is 15.9. The minimum atomic E-state index is -0.197. The number of benzene rings is 2. The van der Waals surface area contributed by atoms with E-state index in [9.17, 15) is 9.59 Å². The first-order chi connectivity index (χ1) is 14.5. The molecule has 0 fully saturated rings. The average molecular weight is 413 g/mol. The quantitative estimate of drug-likeness (QED) is 0.680. The van der Waals surface area contributed by atoms with Crippen LogP contribution in [0.4, 0.5) is 5.69 Å². The van der Waals surface area contributed by atoms with Gasteiger partial charge in [0.2, 0.25) is 18.6 Å². The van der Waals surface area contributed by atoms with Crippen molar-refractivity contribution in [1.29, 1.82) is 0 Å². The molecule has 0 radical (unpaired) electrons. The lowest BCUT2D eigenvalue weighted by molar-refractivity contribution is -0.132. The molecule has 0 spiro atoms. The van der Waals surface area contributed by atoms with Crippen LogP contribution >= 0.6 is 0 Å². The average Bonchev–Trinajstić information content (AvgIpc) is 3.19. The second-order valence-electron chi connectivity index (χ2n) is 7.05. The fraction of sp³-hybridized carbons (Fsp3) is 0.364. The van der Waals surface area contributed by atoms with Gasteiger partial charge in [0.05, 0.1) is 20.2 Å². The zero-order valence-electron chi connectivity index (χ0n) is 17.5. The van der Waals surface area contributed by atoms with Gasteiger partial charge in [0.1, 0.15) is 5.75 Å². The van der Waals surface area contributed by atoms with E-state index in [1.807, 2.05) is 25.1 Å². The molecule has 0 bridgehead atoms. The van der Waals surface area contributed by atoms with Crippen LogP contribution in [0, 0.1) is 0 Å². The predicted octanol–water partition coefficient (Wildman–Crippen LogP) is 2.34. The normalized spacial score (nSPS) is 12.0. The largest absolute Gasteiger partial charge is 0.497 e. The van der Waals surface area contributed by atoms with Crippen LogP contribution in [0.15, 0.2) is 42.5 Å². The maximum atomic E-state index is 12.7. The Hall–Kier alpha value is -3.26. The number of ether oxygens (including phenoxy) is 3. The van der Waals surface area contributed by atoms with Crippen molar-refractivity contribution in [1.82, 2.24) is 9.80 Å². The third-order valence-corrected chi connectivity index (χ3v) is 4.72. The Kier molecular flexibility index (Phi) is 7.13. The molecule has 160 valence electrons. The Bertz CT molecular complexity index is 902. The third-order valence-electron chi connectivity index (χ3n) is 4.72. The highest BCUT2D eigenvalue weighted by atomic mass is 16.7. The van der Waals surface area contributed by atoms with Crippen LogP contribution in [0.2, 0.25) is 0 Å². The van der Waals surface area contributed by atoms with E-state index >= 15 is 0 Å². The smallest absolute Gasteiger partial charge is 0.238 e. The van der Waals surface area contributed by atoms with Crippen LogP contribution in [0.1, 0.15) is 12.5 Å². The molecule has 1 aliphatic heterocycles. The molecular formula is C22H27N3O5. The number of rotatable bonds is 9. The molecule has 8 heteroatoms.